The summed E-state index contributed by atoms with van der Waals surface area (Å²) >= 11 is 0. The predicted molar refractivity (Wildman–Crippen MR) is 149 cm³/mol. The number of carbonyl (C=O) groups is 2. The van der Waals surface area contributed by atoms with Crippen LogP contribution >= 0.6 is 0 Å². The smallest absolute Gasteiger partial charge is 0.329 e. The lowest BCUT2D eigenvalue weighted by atomic mass is 10.1. The Kier molecular flexibility index (Phi) is 9.21. The summed E-state index contributed by atoms with van der Waals surface area (Å²) in [5.41, 5.74) is 2.04. The van der Waals surface area contributed by atoms with Crippen molar-refractivity contribution >= 4 is 17.6 Å². The van der Waals surface area contributed by atoms with Gasteiger partial charge in [-0.2, -0.15) is 0 Å². The number of ether oxygens (including phenoxy) is 2. The molecule has 0 bridgehead atoms. The van der Waals surface area contributed by atoms with E-state index in [2.05, 4.69) is 24.1 Å². The Hall–Kier alpha value is -4.04. The average Bonchev–Trinajstić information content (AvgIpc) is 3.19. The number of methoxy groups -OCH3 is 1. The summed E-state index contributed by atoms with van der Waals surface area (Å²) in [4.78, 5) is 32.0. The number of benzene rings is 2. The molecule has 1 N–H and O–H groups in total. The van der Waals surface area contributed by atoms with Gasteiger partial charge in [-0.25, -0.2) is 4.79 Å². The quantitative estimate of drug-likeness (QED) is 0.459. The molecule has 2 aromatic carbocycles. The van der Waals surface area contributed by atoms with Gasteiger partial charge < -0.3 is 19.7 Å². The van der Waals surface area contributed by atoms with Crippen molar-refractivity contribution in [3.8, 4) is 11.5 Å². The molecule has 0 radical (unpaired) electrons. The Morgan fingerprint density at radius 3 is 2.32 bits per heavy atom. The monoisotopic (exact) mass is 516 g/mol. The molecular weight excluding hydrogens is 480 g/mol. The SMILES string of the molecule is CCN(CC)CCNC(=O)C1=C(OC)CC=C(N2CCN(c3ccc(Oc4ccccc4)cc3)C2=O)C=C1. The van der Waals surface area contributed by atoms with E-state index in [1.54, 1.807) is 23.0 Å². The number of allylic oxidation sites excluding steroid dienone is 2. The number of nitrogens with zero attached hydrogens (tertiary/aromatic N) is 3. The maximum absolute atomic E-state index is 13.3. The second-order valence-corrected chi connectivity index (χ2v) is 8.99. The van der Waals surface area contributed by atoms with Crippen LogP contribution < -0.4 is 15.0 Å². The number of carbonyl (C=O) groups excluding carboxylic acids is 2. The highest BCUT2D eigenvalue weighted by Crippen LogP contribution is 2.29. The molecule has 2 aromatic rings. The molecule has 1 aliphatic heterocycles. The van der Waals surface area contributed by atoms with E-state index in [4.69, 9.17) is 9.47 Å². The highest BCUT2D eigenvalue weighted by molar-refractivity contribution is 5.98. The minimum atomic E-state index is -0.174. The summed E-state index contributed by atoms with van der Waals surface area (Å²) in [7, 11) is 1.57. The standard InChI is InChI=1S/C30H36N4O4/c1-4-32(5-2)20-19-31-29(35)27-17-13-24(14-18-28(27)37-3)34-22-21-33(30(34)36)23-11-15-26(16-12-23)38-25-9-7-6-8-10-25/h6-17H,4-5,18-22H2,1-3H3,(H,31,35). The summed E-state index contributed by atoms with van der Waals surface area (Å²) in [6.07, 6.45) is 5.93. The van der Waals surface area contributed by atoms with Crippen molar-refractivity contribution in [2.75, 3.05) is 51.3 Å². The number of hydrogen-bond donors (Lipinski definition) is 1. The van der Waals surface area contributed by atoms with Gasteiger partial charge in [0.2, 0.25) is 0 Å². The van der Waals surface area contributed by atoms with Crippen molar-refractivity contribution in [1.82, 2.24) is 15.1 Å². The van der Waals surface area contributed by atoms with Gasteiger partial charge in [0.15, 0.2) is 0 Å². The summed E-state index contributed by atoms with van der Waals surface area (Å²) < 4.78 is 11.4. The minimum Gasteiger partial charge on any atom is -0.500 e. The van der Waals surface area contributed by atoms with E-state index in [9.17, 15) is 9.59 Å². The first-order chi connectivity index (χ1) is 18.5. The van der Waals surface area contributed by atoms with E-state index in [1.165, 1.54) is 0 Å². The van der Waals surface area contributed by atoms with Crippen molar-refractivity contribution in [2.45, 2.75) is 20.3 Å². The lowest BCUT2D eigenvalue weighted by Gasteiger charge is -2.20. The normalized spacial score (nSPS) is 15.6. The number of urea groups is 1. The molecule has 3 amide bonds. The number of para-hydroxylation sites is 1. The van der Waals surface area contributed by atoms with Crippen molar-refractivity contribution in [2.24, 2.45) is 0 Å². The Morgan fingerprint density at radius 1 is 0.947 bits per heavy atom. The zero-order valence-corrected chi connectivity index (χ0v) is 22.4. The van der Waals surface area contributed by atoms with Crippen LogP contribution in [-0.2, 0) is 9.53 Å². The largest absolute Gasteiger partial charge is 0.500 e. The van der Waals surface area contributed by atoms with E-state index in [-0.39, 0.29) is 11.9 Å². The number of amides is 3. The van der Waals surface area contributed by atoms with Crippen LogP contribution in [0.15, 0.2) is 89.9 Å². The van der Waals surface area contributed by atoms with Crippen LogP contribution in [0.25, 0.3) is 0 Å². The summed E-state index contributed by atoms with van der Waals surface area (Å²) in [6.45, 7) is 8.55. The number of likely N-dealkylation sites (N-methyl/N-ethyl adjacent to an activating group) is 1. The third-order valence-corrected chi connectivity index (χ3v) is 6.76. The van der Waals surface area contributed by atoms with Crippen LogP contribution in [0.5, 0.6) is 11.5 Å². The molecule has 0 aromatic heterocycles. The fourth-order valence-corrected chi connectivity index (χ4v) is 4.53. The molecular formula is C30H36N4O4. The van der Waals surface area contributed by atoms with E-state index in [0.717, 1.165) is 36.8 Å². The van der Waals surface area contributed by atoms with Gasteiger partial charge in [-0.05, 0) is 61.6 Å². The molecule has 1 aliphatic carbocycles. The van der Waals surface area contributed by atoms with Crippen LogP contribution in [0.3, 0.4) is 0 Å². The van der Waals surface area contributed by atoms with E-state index in [0.29, 0.717) is 43.1 Å². The third-order valence-electron chi connectivity index (χ3n) is 6.76. The van der Waals surface area contributed by atoms with Gasteiger partial charge >= 0.3 is 6.03 Å². The van der Waals surface area contributed by atoms with Crippen LogP contribution in [0, 0.1) is 0 Å². The first-order valence-electron chi connectivity index (χ1n) is 13.1. The fraction of sp³-hybridized carbons (Fsp3) is 0.333. The second-order valence-electron chi connectivity index (χ2n) is 8.99. The molecule has 0 saturated carbocycles. The molecule has 200 valence electrons. The maximum Gasteiger partial charge on any atom is 0.329 e. The minimum absolute atomic E-state index is 0.108. The molecule has 1 fully saturated rings. The van der Waals surface area contributed by atoms with Gasteiger partial charge in [0, 0.05) is 44.0 Å². The van der Waals surface area contributed by atoms with Gasteiger partial charge in [-0.3, -0.25) is 14.6 Å². The lowest BCUT2D eigenvalue weighted by Crippen LogP contribution is -2.35. The van der Waals surface area contributed by atoms with E-state index >= 15 is 0 Å². The first kappa shape index (κ1) is 27.0. The van der Waals surface area contributed by atoms with Crippen molar-refractivity contribution in [3.05, 3.63) is 89.9 Å². The van der Waals surface area contributed by atoms with Gasteiger partial charge in [-0.1, -0.05) is 38.1 Å². The topological polar surface area (TPSA) is 74.4 Å². The third kappa shape index (κ3) is 6.44. The molecule has 1 heterocycles. The fourth-order valence-electron chi connectivity index (χ4n) is 4.53. The molecule has 8 nitrogen and oxygen atoms in total. The lowest BCUT2D eigenvalue weighted by molar-refractivity contribution is -0.117. The highest BCUT2D eigenvalue weighted by atomic mass is 16.5. The molecule has 0 spiro atoms. The summed E-state index contributed by atoms with van der Waals surface area (Å²) in [5, 5.41) is 2.99. The molecule has 8 heteroatoms. The van der Waals surface area contributed by atoms with Crippen molar-refractivity contribution in [3.63, 3.8) is 0 Å². The first-order valence-corrected chi connectivity index (χ1v) is 13.1. The molecule has 0 unspecified atom stereocenters. The summed E-state index contributed by atoms with van der Waals surface area (Å²) in [6, 6.07) is 17.0. The van der Waals surface area contributed by atoms with E-state index in [1.807, 2.05) is 66.7 Å². The Morgan fingerprint density at radius 2 is 1.63 bits per heavy atom. The van der Waals surface area contributed by atoms with Crippen LogP contribution in [-0.4, -0.2) is 68.1 Å². The number of hydrogen-bond acceptors (Lipinski definition) is 5. The molecule has 2 aliphatic rings. The van der Waals surface area contributed by atoms with Crippen LogP contribution in [0.1, 0.15) is 20.3 Å². The van der Waals surface area contributed by atoms with Crippen molar-refractivity contribution < 1.29 is 19.1 Å². The molecule has 0 atom stereocenters. The Bertz CT molecular complexity index is 1200. The molecule has 1 saturated heterocycles. The highest BCUT2D eigenvalue weighted by Gasteiger charge is 2.32. The average molecular weight is 517 g/mol. The van der Waals surface area contributed by atoms with Crippen molar-refractivity contribution in [1.29, 1.82) is 0 Å². The zero-order valence-electron chi connectivity index (χ0n) is 22.4. The van der Waals surface area contributed by atoms with Crippen LogP contribution in [0.2, 0.25) is 0 Å². The number of nitrogens with one attached hydrogen (secondary N) is 1. The Balaban J connectivity index is 1.39. The molecule has 38 heavy (non-hydrogen) atoms. The van der Waals surface area contributed by atoms with Gasteiger partial charge in [-0.15, -0.1) is 0 Å². The van der Waals surface area contributed by atoms with Crippen LogP contribution in [0.4, 0.5) is 10.5 Å². The molecule has 4 rings (SSSR count). The Labute approximate surface area is 224 Å². The van der Waals surface area contributed by atoms with Gasteiger partial charge in [0.05, 0.1) is 12.7 Å². The predicted octanol–water partition coefficient (Wildman–Crippen LogP) is 4.92. The summed E-state index contributed by atoms with van der Waals surface area (Å²) in [5.74, 6) is 1.87. The number of anilines is 1. The van der Waals surface area contributed by atoms with Gasteiger partial charge in [0.1, 0.15) is 17.3 Å². The van der Waals surface area contributed by atoms with Gasteiger partial charge in [0.25, 0.3) is 5.91 Å². The zero-order chi connectivity index (χ0) is 26.9. The van der Waals surface area contributed by atoms with E-state index < -0.39 is 0 Å². The second kappa shape index (κ2) is 13.0. The number of rotatable bonds is 11. The maximum atomic E-state index is 13.3.